The molecule has 106 valence electrons. The molecule has 4 nitrogen and oxygen atoms in total. The quantitative estimate of drug-likeness (QED) is 0.797. The van der Waals surface area contributed by atoms with Crippen molar-refractivity contribution in [2.45, 2.75) is 37.5 Å². The van der Waals surface area contributed by atoms with E-state index in [0.717, 1.165) is 43.4 Å². The monoisotopic (exact) mass is 336 g/mol. The Balaban J connectivity index is 1.60. The van der Waals surface area contributed by atoms with Gasteiger partial charge in [-0.3, -0.25) is 4.68 Å². The van der Waals surface area contributed by atoms with E-state index < -0.39 is 0 Å². The Kier molecular flexibility index (Phi) is 3.09. The van der Waals surface area contributed by atoms with Crippen LogP contribution in [0.2, 0.25) is 0 Å². The molecule has 0 N–H and O–H groups in total. The van der Waals surface area contributed by atoms with Crippen molar-refractivity contribution < 1.29 is 9.47 Å². The van der Waals surface area contributed by atoms with Crippen LogP contribution in [0.15, 0.2) is 28.9 Å². The van der Waals surface area contributed by atoms with E-state index in [9.17, 15) is 0 Å². The average Bonchev–Trinajstić information content (AvgIpc) is 3.09. The minimum absolute atomic E-state index is 0.292. The molecule has 2 aromatic rings. The van der Waals surface area contributed by atoms with Crippen molar-refractivity contribution in [3.05, 3.63) is 28.9 Å². The van der Waals surface area contributed by atoms with Crippen molar-refractivity contribution in [3.8, 4) is 0 Å². The molecule has 1 aliphatic carbocycles. The Bertz CT molecular complexity index is 624. The van der Waals surface area contributed by atoms with Crippen molar-refractivity contribution in [2.24, 2.45) is 0 Å². The molecule has 1 spiro atoms. The summed E-state index contributed by atoms with van der Waals surface area (Å²) in [4.78, 5) is 0. The zero-order valence-electron chi connectivity index (χ0n) is 11.2. The SMILES string of the molecule is Brc1cccc2c1cnn2C1CCC2(CC1)OCCO2. The lowest BCUT2D eigenvalue weighted by Gasteiger charge is -2.35. The van der Waals surface area contributed by atoms with E-state index in [1.54, 1.807) is 0 Å². The maximum absolute atomic E-state index is 5.79. The minimum Gasteiger partial charge on any atom is -0.348 e. The fourth-order valence-electron chi connectivity index (χ4n) is 3.40. The van der Waals surface area contributed by atoms with Crippen LogP contribution in [0.1, 0.15) is 31.7 Å². The first-order valence-electron chi connectivity index (χ1n) is 7.17. The number of benzene rings is 1. The van der Waals surface area contributed by atoms with Crippen LogP contribution in [-0.4, -0.2) is 28.8 Å². The van der Waals surface area contributed by atoms with Gasteiger partial charge in [-0.05, 0) is 25.0 Å². The van der Waals surface area contributed by atoms with Gasteiger partial charge in [0.25, 0.3) is 0 Å². The number of hydrogen-bond acceptors (Lipinski definition) is 3. The van der Waals surface area contributed by atoms with Crippen molar-refractivity contribution >= 4 is 26.8 Å². The molecular formula is C15H17BrN2O2. The number of ether oxygens (including phenoxy) is 2. The van der Waals surface area contributed by atoms with Gasteiger partial charge in [-0.1, -0.05) is 22.0 Å². The van der Waals surface area contributed by atoms with Gasteiger partial charge in [0.15, 0.2) is 5.79 Å². The van der Waals surface area contributed by atoms with Gasteiger partial charge in [0.1, 0.15) is 0 Å². The second kappa shape index (κ2) is 4.83. The normalized spacial score (nSPS) is 22.9. The molecule has 2 aliphatic rings. The summed E-state index contributed by atoms with van der Waals surface area (Å²) in [5, 5.41) is 5.78. The maximum atomic E-state index is 5.79. The van der Waals surface area contributed by atoms with Crippen LogP contribution < -0.4 is 0 Å². The predicted octanol–water partition coefficient (Wildman–Crippen LogP) is 3.66. The number of rotatable bonds is 1. The number of nitrogens with zero attached hydrogens (tertiary/aromatic N) is 2. The summed E-state index contributed by atoms with van der Waals surface area (Å²) in [7, 11) is 0. The highest BCUT2D eigenvalue weighted by Gasteiger charge is 2.41. The van der Waals surface area contributed by atoms with Crippen molar-refractivity contribution in [3.63, 3.8) is 0 Å². The minimum atomic E-state index is -0.292. The van der Waals surface area contributed by atoms with E-state index >= 15 is 0 Å². The molecule has 0 radical (unpaired) electrons. The first-order chi connectivity index (χ1) is 9.77. The first-order valence-corrected chi connectivity index (χ1v) is 7.96. The van der Waals surface area contributed by atoms with Gasteiger partial charge in [-0.25, -0.2) is 0 Å². The van der Waals surface area contributed by atoms with E-state index in [2.05, 4.69) is 43.9 Å². The molecule has 0 bridgehead atoms. The number of hydrogen-bond donors (Lipinski definition) is 0. The predicted molar refractivity (Wildman–Crippen MR) is 79.6 cm³/mol. The summed E-state index contributed by atoms with van der Waals surface area (Å²) in [5.74, 6) is -0.292. The Labute approximate surface area is 126 Å². The highest BCUT2D eigenvalue weighted by Crippen LogP contribution is 2.41. The van der Waals surface area contributed by atoms with E-state index in [4.69, 9.17) is 9.47 Å². The molecule has 2 fully saturated rings. The summed E-state index contributed by atoms with van der Waals surface area (Å²) in [6, 6.07) is 6.71. The number of fused-ring (bicyclic) bond motifs is 1. The molecule has 20 heavy (non-hydrogen) atoms. The zero-order chi connectivity index (χ0) is 13.6. The summed E-state index contributed by atoms with van der Waals surface area (Å²) < 4.78 is 14.9. The molecule has 1 aromatic carbocycles. The van der Waals surface area contributed by atoms with Gasteiger partial charge in [0, 0.05) is 22.7 Å². The second-order valence-electron chi connectivity index (χ2n) is 5.60. The first kappa shape index (κ1) is 12.8. The Morgan fingerprint density at radius 2 is 1.95 bits per heavy atom. The lowest BCUT2D eigenvalue weighted by molar-refractivity contribution is -0.181. The third-order valence-corrected chi connectivity index (χ3v) is 5.16. The fourth-order valence-corrected chi connectivity index (χ4v) is 3.86. The van der Waals surface area contributed by atoms with Gasteiger partial charge in [-0.15, -0.1) is 0 Å². The summed E-state index contributed by atoms with van der Waals surface area (Å²) in [6.45, 7) is 1.48. The summed E-state index contributed by atoms with van der Waals surface area (Å²) in [6.07, 6.45) is 6.00. The molecule has 0 unspecified atom stereocenters. The topological polar surface area (TPSA) is 36.3 Å². The highest BCUT2D eigenvalue weighted by atomic mass is 79.9. The molecule has 4 rings (SSSR count). The van der Waals surface area contributed by atoms with E-state index in [0.29, 0.717) is 6.04 Å². The van der Waals surface area contributed by atoms with Gasteiger partial charge < -0.3 is 9.47 Å². The van der Waals surface area contributed by atoms with E-state index in [1.165, 1.54) is 10.9 Å². The van der Waals surface area contributed by atoms with Gasteiger partial charge in [-0.2, -0.15) is 5.10 Å². The van der Waals surface area contributed by atoms with Crippen LogP contribution in [0.4, 0.5) is 0 Å². The Morgan fingerprint density at radius 1 is 1.20 bits per heavy atom. The van der Waals surface area contributed by atoms with Crippen LogP contribution in [0.25, 0.3) is 10.9 Å². The lowest BCUT2D eigenvalue weighted by Crippen LogP contribution is -2.36. The molecule has 2 heterocycles. The van der Waals surface area contributed by atoms with Crippen LogP contribution in [0, 0.1) is 0 Å². The zero-order valence-corrected chi connectivity index (χ0v) is 12.8. The maximum Gasteiger partial charge on any atom is 0.168 e. The molecule has 0 amide bonds. The second-order valence-corrected chi connectivity index (χ2v) is 6.45. The Hall–Kier alpha value is -0.910. The standard InChI is InChI=1S/C15H17BrN2O2/c16-13-2-1-3-14-12(13)10-17-18(14)11-4-6-15(7-5-11)19-8-9-20-15/h1-3,10-11H,4-9H2. The summed E-state index contributed by atoms with van der Waals surface area (Å²) in [5.41, 5.74) is 1.20. The molecule has 1 saturated carbocycles. The highest BCUT2D eigenvalue weighted by molar-refractivity contribution is 9.10. The van der Waals surface area contributed by atoms with Crippen molar-refractivity contribution in [2.75, 3.05) is 13.2 Å². The van der Waals surface area contributed by atoms with Gasteiger partial charge in [0.05, 0.1) is 31.0 Å². The van der Waals surface area contributed by atoms with Crippen molar-refractivity contribution in [1.29, 1.82) is 0 Å². The fraction of sp³-hybridized carbons (Fsp3) is 0.533. The van der Waals surface area contributed by atoms with Gasteiger partial charge >= 0.3 is 0 Å². The molecule has 0 atom stereocenters. The number of halogens is 1. The average molecular weight is 337 g/mol. The molecule has 1 aromatic heterocycles. The lowest BCUT2D eigenvalue weighted by atomic mass is 9.90. The van der Waals surface area contributed by atoms with Gasteiger partial charge in [0.2, 0.25) is 0 Å². The number of aromatic nitrogens is 2. The van der Waals surface area contributed by atoms with Crippen LogP contribution in [-0.2, 0) is 9.47 Å². The molecular weight excluding hydrogens is 320 g/mol. The third-order valence-electron chi connectivity index (χ3n) is 4.46. The van der Waals surface area contributed by atoms with Crippen molar-refractivity contribution in [1.82, 2.24) is 9.78 Å². The largest absolute Gasteiger partial charge is 0.348 e. The van der Waals surface area contributed by atoms with Crippen LogP contribution in [0.5, 0.6) is 0 Å². The molecule has 5 heteroatoms. The van der Waals surface area contributed by atoms with E-state index in [-0.39, 0.29) is 5.79 Å². The van der Waals surface area contributed by atoms with Crippen LogP contribution >= 0.6 is 15.9 Å². The smallest absolute Gasteiger partial charge is 0.168 e. The molecule has 1 saturated heterocycles. The van der Waals surface area contributed by atoms with E-state index in [1.807, 2.05) is 6.20 Å². The van der Waals surface area contributed by atoms with Crippen LogP contribution in [0.3, 0.4) is 0 Å². The third kappa shape index (κ3) is 2.00. The Morgan fingerprint density at radius 3 is 2.70 bits per heavy atom. The summed E-state index contributed by atoms with van der Waals surface area (Å²) >= 11 is 3.59. The molecule has 1 aliphatic heterocycles.